The fourth-order valence-corrected chi connectivity index (χ4v) is 4.64. The number of hydrogen-bond donors (Lipinski definition) is 2. The maximum Gasteiger partial charge on any atom is 0.274 e. The van der Waals surface area contributed by atoms with Gasteiger partial charge in [-0.2, -0.15) is 13.5 Å². The number of aryl methyl sites for hydroxylation is 1. The third-order valence-corrected chi connectivity index (χ3v) is 6.23. The second kappa shape index (κ2) is 7.27. The topological polar surface area (TPSA) is 94.4 Å². The van der Waals surface area contributed by atoms with Gasteiger partial charge in [0.1, 0.15) is 11.9 Å². The van der Waals surface area contributed by atoms with Gasteiger partial charge in [-0.25, -0.2) is 5.48 Å². The maximum atomic E-state index is 13.4. The number of hydroxylamine groups is 1. The zero-order valence-electron chi connectivity index (χ0n) is 15.8. The molecule has 0 aromatic heterocycles. The monoisotopic (exact) mass is 410 g/mol. The Morgan fingerprint density at radius 2 is 2.10 bits per heavy atom. The van der Waals surface area contributed by atoms with Gasteiger partial charge in [-0.05, 0) is 67.2 Å². The van der Waals surface area contributed by atoms with E-state index in [0.717, 1.165) is 41.9 Å². The van der Waals surface area contributed by atoms with Gasteiger partial charge >= 0.3 is 0 Å². The van der Waals surface area contributed by atoms with Crippen molar-refractivity contribution < 1.29 is 14.8 Å². The van der Waals surface area contributed by atoms with Crippen LogP contribution in [-0.2, 0) is 17.6 Å². The minimum absolute atomic E-state index is 0. The molecule has 29 heavy (non-hydrogen) atoms. The van der Waals surface area contributed by atoms with Crippen LogP contribution in [-0.4, -0.2) is 46.1 Å². The fourth-order valence-electron chi connectivity index (χ4n) is 4.64. The molecule has 7 nitrogen and oxygen atoms in total. The molecule has 0 bridgehead atoms. The predicted molar refractivity (Wildman–Crippen MR) is 114 cm³/mol. The maximum absolute atomic E-state index is 13.4. The molecule has 0 saturated carbocycles. The van der Waals surface area contributed by atoms with Crippen LogP contribution in [0.2, 0.25) is 0 Å². The van der Waals surface area contributed by atoms with Gasteiger partial charge in [-0.15, -0.1) is 0 Å². The molecule has 150 valence electrons. The number of aliphatic imine (C=N–C) groups is 2. The fraction of sp³-hybridized carbons (Fsp3) is 0.333. The van der Waals surface area contributed by atoms with Crippen molar-refractivity contribution in [1.82, 2.24) is 10.4 Å². The molecule has 0 radical (unpaired) electrons. The van der Waals surface area contributed by atoms with Gasteiger partial charge < -0.3 is 0 Å². The van der Waals surface area contributed by atoms with Crippen molar-refractivity contribution in [2.75, 3.05) is 6.54 Å². The van der Waals surface area contributed by atoms with Crippen LogP contribution in [0, 0.1) is 5.41 Å². The molecule has 1 fully saturated rings. The van der Waals surface area contributed by atoms with Crippen LogP contribution in [0.15, 0.2) is 52.6 Å². The van der Waals surface area contributed by atoms with E-state index >= 15 is 0 Å². The Hall–Kier alpha value is -2.71. The quantitative estimate of drug-likeness (QED) is 0.547. The lowest BCUT2D eigenvalue weighted by molar-refractivity contribution is -0.133. The number of amidine groups is 1. The van der Waals surface area contributed by atoms with Gasteiger partial charge in [0.05, 0.1) is 11.1 Å². The summed E-state index contributed by atoms with van der Waals surface area (Å²) in [6.07, 6.45) is 10.5. The van der Waals surface area contributed by atoms with Crippen LogP contribution in [0.25, 0.3) is 0 Å². The number of rotatable bonds is 1. The van der Waals surface area contributed by atoms with Crippen LogP contribution in [0.5, 0.6) is 0 Å². The number of amides is 2. The van der Waals surface area contributed by atoms with E-state index in [4.69, 9.17) is 5.21 Å². The number of fused-ring (bicyclic) bond motifs is 2. The van der Waals surface area contributed by atoms with E-state index in [1.54, 1.807) is 17.7 Å². The summed E-state index contributed by atoms with van der Waals surface area (Å²) >= 11 is 0. The lowest BCUT2D eigenvalue weighted by Gasteiger charge is -2.33. The summed E-state index contributed by atoms with van der Waals surface area (Å²) in [4.78, 5) is 35.8. The average molecular weight is 410 g/mol. The van der Waals surface area contributed by atoms with Gasteiger partial charge in [-0.1, -0.05) is 6.07 Å². The first-order chi connectivity index (χ1) is 13.6. The van der Waals surface area contributed by atoms with E-state index in [1.165, 1.54) is 0 Å². The van der Waals surface area contributed by atoms with Gasteiger partial charge in [0, 0.05) is 18.3 Å². The second-order valence-electron chi connectivity index (χ2n) is 7.75. The van der Waals surface area contributed by atoms with Crippen LogP contribution in [0.4, 0.5) is 0 Å². The second-order valence-corrected chi connectivity index (χ2v) is 7.75. The van der Waals surface area contributed by atoms with Crippen molar-refractivity contribution in [3.63, 3.8) is 0 Å². The number of benzene rings is 1. The molecular weight excluding hydrogens is 388 g/mol. The normalized spacial score (nSPS) is 26.6. The number of carbonyl (C=O) groups excluding carboxylic acids is 2. The molecule has 5 rings (SSSR count). The highest BCUT2D eigenvalue weighted by atomic mass is 32.1. The van der Waals surface area contributed by atoms with Gasteiger partial charge in [0.15, 0.2) is 0 Å². The first-order valence-corrected chi connectivity index (χ1v) is 9.48. The highest BCUT2D eigenvalue weighted by Gasteiger charge is 2.49. The predicted octanol–water partition coefficient (Wildman–Crippen LogP) is 1.93. The van der Waals surface area contributed by atoms with E-state index in [1.807, 2.05) is 35.3 Å². The third-order valence-electron chi connectivity index (χ3n) is 6.23. The standard InChI is InChI=1S/C21H20N4O3.H2S/c26-19(24-28)14-1-2-15-12-21(7-5-13(15)11-14)8-10-25(20(21)27)18-4-3-16-17(23-18)6-9-22-16;/h1-4,6,9,11,17,28H,5,7-8,10,12H2,(H,24,26);1H2/t17?,21-;/m1./s1. The molecule has 3 heterocycles. The Balaban J connectivity index is 0.00000205. The molecule has 2 amide bonds. The van der Waals surface area contributed by atoms with Crippen molar-refractivity contribution in [1.29, 1.82) is 0 Å². The van der Waals surface area contributed by atoms with Crippen LogP contribution in [0.1, 0.15) is 34.3 Å². The van der Waals surface area contributed by atoms with E-state index < -0.39 is 11.3 Å². The summed E-state index contributed by atoms with van der Waals surface area (Å²) in [7, 11) is 0. The van der Waals surface area contributed by atoms with Crippen molar-refractivity contribution in [3.05, 3.63) is 59.3 Å². The van der Waals surface area contributed by atoms with E-state index in [2.05, 4.69) is 9.98 Å². The molecule has 1 saturated heterocycles. The van der Waals surface area contributed by atoms with Gasteiger partial charge in [0.25, 0.3) is 5.91 Å². The van der Waals surface area contributed by atoms with Gasteiger partial charge in [-0.3, -0.25) is 29.7 Å². The first kappa shape index (κ1) is 19.6. The SMILES string of the molecule is O=C(NO)c1ccc2c(c1)CC[C@@]1(CCN(C3=NC4C=CN=C4C=C3)C1=O)C2.S. The smallest absolute Gasteiger partial charge is 0.274 e. The Bertz CT molecular complexity index is 1010. The van der Waals surface area contributed by atoms with Crippen LogP contribution < -0.4 is 5.48 Å². The molecule has 3 aliphatic heterocycles. The summed E-state index contributed by atoms with van der Waals surface area (Å²) in [6.45, 7) is 0.672. The Kier molecular flexibility index (Phi) is 4.92. The highest BCUT2D eigenvalue weighted by molar-refractivity contribution is 7.59. The Labute approximate surface area is 175 Å². The van der Waals surface area contributed by atoms with E-state index in [0.29, 0.717) is 18.5 Å². The minimum Gasteiger partial charge on any atom is -0.297 e. The minimum atomic E-state index is -0.517. The number of nitrogens with zero attached hydrogens (tertiary/aromatic N) is 3. The number of likely N-dealkylation sites (tertiary alicyclic amines) is 1. The van der Waals surface area contributed by atoms with Crippen molar-refractivity contribution in [2.24, 2.45) is 15.4 Å². The Morgan fingerprint density at radius 1 is 1.24 bits per heavy atom. The summed E-state index contributed by atoms with van der Waals surface area (Å²) in [5.41, 5.74) is 4.79. The third kappa shape index (κ3) is 3.12. The number of dihydropyridines is 1. The first-order valence-electron chi connectivity index (χ1n) is 9.48. The molecule has 1 aromatic rings. The van der Waals surface area contributed by atoms with Gasteiger partial charge in [0.2, 0.25) is 5.91 Å². The molecule has 8 heteroatoms. The van der Waals surface area contributed by atoms with Crippen molar-refractivity contribution in [3.8, 4) is 0 Å². The zero-order valence-corrected chi connectivity index (χ0v) is 16.8. The largest absolute Gasteiger partial charge is 0.297 e. The molecule has 1 spiro atoms. The molecule has 4 aliphatic rings. The summed E-state index contributed by atoms with van der Waals surface area (Å²) in [5, 5.41) is 8.83. The molecule has 2 N–H and O–H groups in total. The number of hydrogen-bond acceptors (Lipinski definition) is 5. The lowest BCUT2D eigenvalue weighted by Crippen LogP contribution is -2.42. The summed E-state index contributed by atoms with van der Waals surface area (Å²) in [5.74, 6) is 0.344. The molecule has 1 aliphatic carbocycles. The average Bonchev–Trinajstić information content (AvgIpc) is 3.31. The molecule has 2 atom stereocenters. The van der Waals surface area contributed by atoms with Crippen LogP contribution in [0.3, 0.4) is 0 Å². The molecular formula is C21H22N4O3S. The van der Waals surface area contributed by atoms with E-state index in [-0.39, 0.29) is 25.4 Å². The number of nitrogens with one attached hydrogen (secondary N) is 1. The summed E-state index contributed by atoms with van der Waals surface area (Å²) in [6, 6.07) is 5.34. The Morgan fingerprint density at radius 3 is 2.93 bits per heavy atom. The van der Waals surface area contributed by atoms with Crippen LogP contribution >= 0.6 is 13.5 Å². The highest BCUT2D eigenvalue weighted by Crippen LogP contribution is 2.44. The van der Waals surface area contributed by atoms with E-state index in [9.17, 15) is 9.59 Å². The molecule has 1 unspecified atom stereocenters. The van der Waals surface area contributed by atoms with Crippen molar-refractivity contribution in [2.45, 2.75) is 31.7 Å². The van der Waals surface area contributed by atoms with Crippen molar-refractivity contribution >= 4 is 36.9 Å². The lowest BCUT2D eigenvalue weighted by atomic mass is 9.70. The zero-order chi connectivity index (χ0) is 19.3. The number of carbonyl (C=O) groups is 2. The molecule has 1 aromatic carbocycles. The summed E-state index contributed by atoms with van der Waals surface area (Å²) < 4.78 is 0.